The highest BCUT2D eigenvalue weighted by Crippen LogP contribution is 2.26. The number of fused-ring (bicyclic) bond motifs is 1. The first-order valence-electron chi connectivity index (χ1n) is 8.51. The molecule has 1 N–H and O–H groups in total. The minimum Gasteiger partial charge on any atom is -0.457 e. The summed E-state index contributed by atoms with van der Waals surface area (Å²) in [6.45, 7) is 0. The lowest BCUT2D eigenvalue weighted by atomic mass is 10.1. The molecular formula is C21H12N4O4. The number of H-pyrrole nitrogens is 1. The zero-order chi connectivity index (χ0) is 20.4. The first-order chi connectivity index (χ1) is 14.0. The SMILES string of the molecule is N#C/C(=C\c1ccc(-c2ccc([N+](=O)[O-])cc2)o1)c1nc2ccccc2c(=O)[nH]1. The van der Waals surface area contributed by atoms with Gasteiger partial charge in [0.1, 0.15) is 17.6 Å². The maximum Gasteiger partial charge on any atom is 0.269 e. The number of nitriles is 1. The Morgan fingerprint density at radius 3 is 2.62 bits per heavy atom. The molecule has 0 unspecified atom stereocenters. The Hall–Kier alpha value is -4.51. The second-order valence-corrected chi connectivity index (χ2v) is 6.11. The van der Waals surface area contributed by atoms with Crippen LogP contribution in [0.25, 0.3) is 33.9 Å². The lowest BCUT2D eigenvalue weighted by Gasteiger charge is -2.01. The molecule has 0 fully saturated rings. The number of nitrogens with zero attached hydrogens (tertiary/aromatic N) is 3. The number of nitro groups is 1. The van der Waals surface area contributed by atoms with E-state index in [0.717, 1.165) is 0 Å². The van der Waals surface area contributed by atoms with E-state index >= 15 is 0 Å². The average Bonchev–Trinajstić information content (AvgIpc) is 3.20. The number of hydrogen-bond acceptors (Lipinski definition) is 6. The van der Waals surface area contributed by atoms with Crippen LogP contribution in [0.4, 0.5) is 5.69 Å². The van der Waals surface area contributed by atoms with Gasteiger partial charge >= 0.3 is 0 Å². The number of benzene rings is 2. The molecule has 0 amide bonds. The predicted molar refractivity (Wildman–Crippen MR) is 107 cm³/mol. The van der Waals surface area contributed by atoms with Gasteiger partial charge in [-0.25, -0.2) is 4.98 Å². The number of allylic oxidation sites excluding steroid dienone is 1. The van der Waals surface area contributed by atoms with Gasteiger partial charge in [0.05, 0.1) is 21.4 Å². The molecule has 8 heteroatoms. The summed E-state index contributed by atoms with van der Waals surface area (Å²) in [6, 6.07) is 18.2. The van der Waals surface area contributed by atoms with Crippen LogP contribution >= 0.6 is 0 Å². The van der Waals surface area contributed by atoms with Gasteiger partial charge < -0.3 is 9.40 Å². The largest absolute Gasteiger partial charge is 0.457 e. The van der Waals surface area contributed by atoms with Crippen molar-refractivity contribution in [2.75, 3.05) is 0 Å². The van der Waals surface area contributed by atoms with E-state index in [9.17, 15) is 20.2 Å². The number of aromatic amines is 1. The Morgan fingerprint density at radius 2 is 1.90 bits per heavy atom. The number of nitro benzene ring substituents is 1. The summed E-state index contributed by atoms with van der Waals surface area (Å²) in [5.74, 6) is 1.01. The topological polar surface area (TPSA) is 126 Å². The molecule has 2 heterocycles. The van der Waals surface area contributed by atoms with Crippen LogP contribution < -0.4 is 5.56 Å². The third kappa shape index (κ3) is 3.52. The smallest absolute Gasteiger partial charge is 0.269 e. The second-order valence-electron chi connectivity index (χ2n) is 6.11. The van der Waals surface area contributed by atoms with Crippen molar-refractivity contribution in [2.45, 2.75) is 0 Å². The van der Waals surface area contributed by atoms with E-state index in [4.69, 9.17) is 4.42 Å². The van der Waals surface area contributed by atoms with Crippen molar-refractivity contribution in [3.63, 3.8) is 0 Å². The van der Waals surface area contributed by atoms with Crippen LogP contribution in [0.1, 0.15) is 11.6 Å². The lowest BCUT2D eigenvalue weighted by molar-refractivity contribution is -0.384. The van der Waals surface area contributed by atoms with Crippen LogP contribution in [0.2, 0.25) is 0 Å². The summed E-state index contributed by atoms with van der Waals surface area (Å²) in [7, 11) is 0. The molecule has 4 aromatic rings. The van der Waals surface area contributed by atoms with E-state index in [1.807, 2.05) is 6.07 Å². The molecule has 8 nitrogen and oxygen atoms in total. The third-order valence-electron chi connectivity index (χ3n) is 4.26. The third-order valence-corrected chi connectivity index (χ3v) is 4.26. The van der Waals surface area contributed by atoms with Gasteiger partial charge in [-0.1, -0.05) is 12.1 Å². The Labute approximate surface area is 163 Å². The zero-order valence-corrected chi connectivity index (χ0v) is 14.8. The lowest BCUT2D eigenvalue weighted by Crippen LogP contribution is -2.11. The zero-order valence-electron chi connectivity index (χ0n) is 14.8. The fraction of sp³-hybridized carbons (Fsp3) is 0. The maximum absolute atomic E-state index is 12.2. The van der Waals surface area contributed by atoms with E-state index in [0.29, 0.717) is 28.0 Å². The highest BCUT2D eigenvalue weighted by Gasteiger charge is 2.11. The molecule has 140 valence electrons. The Bertz CT molecular complexity index is 1360. The molecule has 0 saturated carbocycles. The molecule has 0 saturated heterocycles. The quantitative estimate of drug-likeness (QED) is 0.320. The molecule has 0 aliphatic carbocycles. The van der Waals surface area contributed by atoms with Gasteiger partial charge in [0.2, 0.25) is 0 Å². The minimum absolute atomic E-state index is 0.0153. The van der Waals surface area contributed by atoms with E-state index in [1.165, 1.54) is 18.2 Å². The van der Waals surface area contributed by atoms with Gasteiger partial charge in [-0.05, 0) is 36.4 Å². The molecule has 4 rings (SSSR count). The molecule has 0 radical (unpaired) electrons. The highest BCUT2D eigenvalue weighted by molar-refractivity contribution is 5.88. The Kier molecular flexibility index (Phi) is 4.47. The van der Waals surface area contributed by atoms with Gasteiger partial charge in [0.25, 0.3) is 11.2 Å². The van der Waals surface area contributed by atoms with Crippen LogP contribution in [-0.2, 0) is 0 Å². The summed E-state index contributed by atoms with van der Waals surface area (Å²) in [4.78, 5) is 29.5. The maximum atomic E-state index is 12.2. The molecule has 0 atom stereocenters. The number of nitrogens with one attached hydrogen (secondary N) is 1. The number of furan rings is 1. The van der Waals surface area contributed by atoms with Crippen LogP contribution in [0, 0.1) is 21.4 Å². The van der Waals surface area contributed by atoms with Crippen molar-refractivity contribution in [3.05, 3.63) is 92.7 Å². The Morgan fingerprint density at radius 1 is 1.14 bits per heavy atom. The molecule has 2 aromatic carbocycles. The minimum atomic E-state index is -0.476. The molecule has 0 bridgehead atoms. The van der Waals surface area contributed by atoms with E-state index < -0.39 is 4.92 Å². The van der Waals surface area contributed by atoms with E-state index in [2.05, 4.69) is 9.97 Å². The van der Waals surface area contributed by atoms with Crippen molar-refractivity contribution in [1.29, 1.82) is 5.26 Å². The first-order valence-corrected chi connectivity index (χ1v) is 8.51. The summed E-state index contributed by atoms with van der Waals surface area (Å²) in [6.07, 6.45) is 1.47. The second kappa shape index (κ2) is 7.25. The fourth-order valence-electron chi connectivity index (χ4n) is 2.84. The monoisotopic (exact) mass is 384 g/mol. The van der Waals surface area contributed by atoms with Gasteiger partial charge in [-0.15, -0.1) is 0 Å². The van der Waals surface area contributed by atoms with Crippen molar-refractivity contribution in [2.24, 2.45) is 0 Å². The van der Waals surface area contributed by atoms with Gasteiger partial charge in [0.15, 0.2) is 5.82 Å². The summed E-state index contributed by atoms with van der Waals surface area (Å²) in [5.41, 5.74) is 0.929. The summed E-state index contributed by atoms with van der Waals surface area (Å²) < 4.78 is 5.72. The molecule has 0 aliphatic heterocycles. The molecule has 29 heavy (non-hydrogen) atoms. The number of rotatable bonds is 4. The molecular weight excluding hydrogens is 372 g/mol. The molecule has 2 aromatic heterocycles. The normalized spacial score (nSPS) is 11.3. The standard InChI is InChI=1S/C21H12N4O4/c22-12-14(20-23-18-4-2-1-3-17(18)21(26)24-20)11-16-9-10-19(29-16)13-5-7-15(8-6-13)25(27)28/h1-11H,(H,23,24,26)/b14-11+. The first kappa shape index (κ1) is 17.9. The number of para-hydroxylation sites is 1. The number of aromatic nitrogens is 2. The predicted octanol–water partition coefficient (Wildman–Crippen LogP) is 4.16. The summed E-state index contributed by atoms with van der Waals surface area (Å²) in [5, 5.41) is 20.7. The van der Waals surface area contributed by atoms with Crippen molar-refractivity contribution in [1.82, 2.24) is 9.97 Å². The average molecular weight is 384 g/mol. The Balaban J connectivity index is 1.69. The van der Waals surface area contributed by atoms with Crippen molar-refractivity contribution < 1.29 is 9.34 Å². The number of non-ortho nitro benzene ring substituents is 1. The number of hydrogen-bond donors (Lipinski definition) is 1. The van der Waals surface area contributed by atoms with Crippen LogP contribution in [-0.4, -0.2) is 14.9 Å². The van der Waals surface area contributed by atoms with E-state index in [-0.39, 0.29) is 22.6 Å². The molecule has 0 aliphatic rings. The van der Waals surface area contributed by atoms with Gasteiger partial charge in [0, 0.05) is 23.8 Å². The molecule has 0 spiro atoms. The van der Waals surface area contributed by atoms with Crippen molar-refractivity contribution >= 4 is 28.2 Å². The van der Waals surface area contributed by atoms with Crippen LogP contribution in [0.15, 0.2) is 69.9 Å². The van der Waals surface area contributed by atoms with Crippen molar-refractivity contribution in [3.8, 4) is 17.4 Å². The van der Waals surface area contributed by atoms with Crippen LogP contribution in [0.3, 0.4) is 0 Å². The fourth-order valence-corrected chi connectivity index (χ4v) is 2.84. The van der Waals surface area contributed by atoms with E-state index in [1.54, 1.807) is 48.5 Å². The highest BCUT2D eigenvalue weighted by atomic mass is 16.6. The van der Waals surface area contributed by atoms with Gasteiger partial charge in [-0.2, -0.15) is 5.26 Å². The van der Waals surface area contributed by atoms with Crippen LogP contribution in [0.5, 0.6) is 0 Å². The summed E-state index contributed by atoms with van der Waals surface area (Å²) >= 11 is 0. The van der Waals surface area contributed by atoms with Gasteiger partial charge in [-0.3, -0.25) is 14.9 Å².